The van der Waals surface area contributed by atoms with Gasteiger partial charge in [-0.1, -0.05) is 49.4 Å². The van der Waals surface area contributed by atoms with Gasteiger partial charge in [0.05, 0.1) is 28.2 Å². The summed E-state index contributed by atoms with van der Waals surface area (Å²) in [5, 5.41) is 6.08. The predicted octanol–water partition coefficient (Wildman–Crippen LogP) is 5.69. The molecule has 2 N–H and O–H groups in total. The molecule has 3 amide bonds. The largest absolute Gasteiger partial charge is 0.389 e. The molecule has 1 fully saturated rings. The molecular formula is C29H33F3N4O3S. The van der Waals surface area contributed by atoms with E-state index in [1.54, 1.807) is 18.7 Å². The summed E-state index contributed by atoms with van der Waals surface area (Å²) in [5.74, 6) is -2.54. The Morgan fingerprint density at radius 1 is 1.05 bits per heavy atom. The molecule has 0 radical (unpaired) electrons. The van der Waals surface area contributed by atoms with Gasteiger partial charge in [-0.05, 0) is 43.9 Å². The number of hydrogen-bond donors (Lipinski definition) is 2. The normalized spacial score (nSPS) is 17.8. The van der Waals surface area contributed by atoms with Crippen LogP contribution in [0.4, 0.5) is 13.2 Å². The molecule has 2 aromatic carbocycles. The Labute approximate surface area is 235 Å². The van der Waals surface area contributed by atoms with Crippen molar-refractivity contribution in [1.82, 2.24) is 20.5 Å². The Morgan fingerprint density at radius 3 is 2.45 bits per heavy atom. The Balaban J connectivity index is 1.51. The summed E-state index contributed by atoms with van der Waals surface area (Å²) in [5.41, 5.74) is 1.78. The zero-order chi connectivity index (χ0) is 28.9. The van der Waals surface area contributed by atoms with Gasteiger partial charge in [-0.15, -0.1) is 11.3 Å². The van der Waals surface area contributed by atoms with E-state index in [9.17, 15) is 27.6 Å². The highest BCUT2D eigenvalue weighted by molar-refractivity contribution is 7.18. The smallest absolute Gasteiger partial charge is 0.345 e. The van der Waals surface area contributed by atoms with Crippen LogP contribution in [-0.2, 0) is 14.4 Å². The number of alkyl halides is 3. The lowest BCUT2D eigenvalue weighted by Gasteiger charge is -2.31. The lowest BCUT2D eigenvalue weighted by Crippen LogP contribution is -2.54. The lowest BCUT2D eigenvalue weighted by atomic mass is 9.97. The number of thiazole rings is 1. The van der Waals surface area contributed by atoms with Crippen LogP contribution in [0.15, 0.2) is 54.6 Å². The van der Waals surface area contributed by atoms with Crippen LogP contribution in [0, 0.1) is 5.92 Å². The first-order chi connectivity index (χ1) is 19.0. The van der Waals surface area contributed by atoms with Crippen LogP contribution in [0.5, 0.6) is 0 Å². The van der Waals surface area contributed by atoms with E-state index in [2.05, 4.69) is 15.6 Å². The predicted molar refractivity (Wildman–Crippen MR) is 147 cm³/mol. The molecule has 0 saturated carbocycles. The molecule has 1 aromatic heterocycles. The second-order valence-electron chi connectivity index (χ2n) is 10.2. The third kappa shape index (κ3) is 7.38. The number of hydrogen-bond acceptors (Lipinski definition) is 5. The van der Waals surface area contributed by atoms with Crippen LogP contribution in [-0.4, -0.2) is 46.4 Å². The van der Waals surface area contributed by atoms with E-state index in [4.69, 9.17) is 0 Å². The highest BCUT2D eigenvalue weighted by atomic mass is 32.1. The average molecular weight is 575 g/mol. The summed E-state index contributed by atoms with van der Waals surface area (Å²) in [6.07, 6.45) is -4.72. The molecule has 7 nitrogen and oxygen atoms in total. The van der Waals surface area contributed by atoms with Crippen molar-refractivity contribution in [2.45, 2.75) is 70.3 Å². The number of aromatic nitrogens is 1. The lowest BCUT2D eigenvalue weighted by molar-refractivity contribution is -0.142. The van der Waals surface area contributed by atoms with E-state index >= 15 is 0 Å². The van der Waals surface area contributed by atoms with E-state index in [0.717, 1.165) is 28.6 Å². The number of para-hydroxylation sites is 1. The molecule has 1 aliphatic rings. The Hall–Kier alpha value is -3.47. The van der Waals surface area contributed by atoms with E-state index in [1.165, 1.54) is 11.3 Å². The van der Waals surface area contributed by atoms with Gasteiger partial charge < -0.3 is 15.5 Å². The van der Waals surface area contributed by atoms with Crippen molar-refractivity contribution in [3.63, 3.8) is 0 Å². The topological polar surface area (TPSA) is 91.4 Å². The molecule has 4 atom stereocenters. The second-order valence-corrected chi connectivity index (χ2v) is 11.2. The quantitative estimate of drug-likeness (QED) is 0.326. The van der Waals surface area contributed by atoms with Gasteiger partial charge in [-0.3, -0.25) is 14.4 Å². The second kappa shape index (κ2) is 12.8. The van der Waals surface area contributed by atoms with Gasteiger partial charge >= 0.3 is 6.18 Å². The minimum Gasteiger partial charge on any atom is -0.345 e. The fraction of sp³-hybridized carbons (Fsp3) is 0.448. The summed E-state index contributed by atoms with van der Waals surface area (Å²) in [7, 11) is 0. The van der Waals surface area contributed by atoms with Crippen molar-refractivity contribution in [3.8, 4) is 0 Å². The summed E-state index contributed by atoms with van der Waals surface area (Å²) >= 11 is 1.42. The van der Waals surface area contributed by atoms with Crippen molar-refractivity contribution < 1.29 is 27.6 Å². The third-order valence-electron chi connectivity index (χ3n) is 7.11. The van der Waals surface area contributed by atoms with Gasteiger partial charge in [0.2, 0.25) is 17.7 Å². The number of likely N-dealkylation sites (tertiary alicyclic amines) is 1. The van der Waals surface area contributed by atoms with Crippen molar-refractivity contribution in [3.05, 3.63) is 65.2 Å². The van der Waals surface area contributed by atoms with Gasteiger partial charge in [0.25, 0.3) is 0 Å². The summed E-state index contributed by atoms with van der Waals surface area (Å²) in [6.45, 7) is 3.85. The van der Waals surface area contributed by atoms with Crippen molar-refractivity contribution in [1.29, 1.82) is 0 Å². The summed E-state index contributed by atoms with van der Waals surface area (Å²) in [6, 6.07) is 15.2. The zero-order valence-electron chi connectivity index (χ0n) is 22.4. The molecule has 2 heterocycles. The molecule has 1 saturated heterocycles. The van der Waals surface area contributed by atoms with E-state index in [0.29, 0.717) is 11.6 Å². The number of fused-ring (bicyclic) bond motifs is 1. The Morgan fingerprint density at radius 2 is 1.75 bits per heavy atom. The van der Waals surface area contributed by atoms with E-state index in [1.807, 2.05) is 54.6 Å². The number of halogens is 3. The van der Waals surface area contributed by atoms with Crippen LogP contribution in [0.25, 0.3) is 10.2 Å². The highest BCUT2D eigenvalue weighted by Gasteiger charge is 2.39. The zero-order valence-corrected chi connectivity index (χ0v) is 23.2. The number of amides is 3. The van der Waals surface area contributed by atoms with Crippen LogP contribution in [0.1, 0.15) is 68.6 Å². The van der Waals surface area contributed by atoms with Crippen molar-refractivity contribution in [2.75, 3.05) is 6.54 Å². The molecule has 3 aromatic rings. The van der Waals surface area contributed by atoms with Gasteiger partial charge in [0.1, 0.15) is 11.0 Å². The van der Waals surface area contributed by atoms with Gasteiger partial charge in [-0.25, -0.2) is 4.98 Å². The van der Waals surface area contributed by atoms with Crippen LogP contribution >= 0.6 is 11.3 Å². The molecule has 4 rings (SSSR count). The number of rotatable bonds is 10. The Bertz CT molecular complexity index is 1300. The first-order valence-electron chi connectivity index (χ1n) is 13.4. The maximum absolute atomic E-state index is 13.7. The maximum Gasteiger partial charge on any atom is 0.389 e. The molecule has 11 heteroatoms. The fourth-order valence-electron chi connectivity index (χ4n) is 5.01. The Kier molecular flexibility index (Phi) is 9.44. The molecule has 0 spiro atoms. The first kappa shape index (κ1) is 29.5. The molecule has 1 aliphatic heterocycles. The molecule has 0 aliphatic carbocycles. The number of nitrogens with one attached hydrogen (secondary N) is 2. The van der Waals surface area contributed by atoms with E-state index < -0.39 is 55.3 Å². The van der Waals surface area contributed by atoms with E-state index in [-0.39, 0.29) is 11.9 Å². The third-order valence-corrected chi connectivity index (χ3v) is 8.33. The fourth-order valence-corrected chi connectivity index (χ4v) is 5.98. The van der Waals surface area contributed by atoms with Crippen LogP contribution in [0.3, 0.4) is 0 Å². The maximum atomic E-state index is 13.7. The molecule has 0 unspecified atom stereocenters. The molecule has 40 heavy (non-hydrogen) atoms. The molecule has 214 valence electrons. The number of nitrogens with zero attached hydrogens (tertiary/aromatic N) is 2. The monoisotopic (exact) mass is 574 g/mol. The number of carbonyl (C=O) groups is 3. The van der Waals surface area contributed by atoms with Crippen LogP contribution in [0.2, 0.25) is 0 Å². The number of carbonyl (C=O) groups excluding carboxylic acids is 3. The number of benzene rings is 2. The highest BCUT2D eigenvalue weighted by Crippen LogP contribution is 2.33. The van der Waals surface area contributed by atoms with Gasteiger partial charge in [-0.2, -0.15) is 13.2 Å². The molecular weight excluding hydrogens is 541 g/mol. The standard InChI is InChI=1S/C29H33F3N4O3S/c1-18(28(39)36-17-9-13-22(36)20-10-4-3-5-11-20)25(35-24(37)15-8-16-29(30,31)32)26(38)33-19(2)27-34-21-12-6-7-14-23(21)40-27/h3-7,10-12,14,18-19,22,25H,8-9,13,15-17H2,1-2H3,(H,33,38)(H,35,37)/t18-,19+,22-,25+/m1/s1. The van der Waals surface area contributed by atoms with Crippen LogP contribution < -0.4 is 10.6 Å². The summed E-state index contributed by atoms with van der Waals surface area (Å²) < 4.78 is 38.8. The minimum atomic E-state index is -4.38. The minimum absolute atomic E-state index is 0.149. The molecule has 0 bridgehead atoms. The SMILES string of the molecule is C[C@H](NC(=O)[C@@H](NC(=O)CCCC(F)(F)F)[C@@H](C)C(=O)N1CCC[C@@H]1c1ccccc1)c1nc2ccccc2s1. The van der Waals surface area contributed by atoms with Crippen molar-refractivity contribution >= 4 is 39.3 Å². The summed E-state index contributed by atoms with van der Waals surface area (Å²) in [4.78, 5) is 46.2. The van der Waals surface area contributed by atoms with Gasteiger partial charge in [0.15, 0.2) is 0 Å². The average Bonchev–Trinajstić information content (AvgIpc) is 3.58. The first-order valence-corrected chi connectivity index (χ1v) is 14.2. The van der Waals surface area contributed by atoms with Crippen molar-refractivity contribution in [2.24, 2.45) is 5.92 Å². The van der Waals surface area contributed by atoms with Gasteiger partial charge in [0, 0.05) is 19.4 Å².